The molecular weight excluding hydrogens is 308 g/mol. The Morgan fingerprint density at radius 1 is 1.26 bits per heavy atom. The first-order valence-corrected chi connectivity index (χ1v) is 8.60. The first kappa shape index (κ1) is 17.6. The highest BCUT2D eigenvalue weighted by Gasteiger charge is 2.19. The minimum Gasteiger partial charge on any atom is -0.345 e. The van der Waals surface area contributed by atoms with Crippen molar-refractivity contribution in [2.75, 3.05) is 0 Å². The van der Waals surface area contributed by atoms with Crippen LogP contribution >= 0.6 is 11.6 Å². The summed E-state index contributed by atoms with van der Waals surface area (Å²) in [5.74, 6) is 0.204. The van der Waals surface area contributed by atoms with Crippen molar-refractivity contribution in [3.05, 3.63) is 58.9 Å². The lowest BCUT2D eigenvalue weighted by molar-refractivity contribution is -0.133. The van der Waals surface area contributed by atoms with Crippen LogP contribution in [0.2, 0.25) is 5.02 Å². The highest BCUT2D eigenvalue weighted by molar-refractivity contribution is 6.30. The molecule has 0 aliphatic rings. The Bertz CT molecular complexity index is 650. The molecule has 0 spiro atoms. The monoisotopic (exact) mass is 332 g/mol. The lowest BCUT2D eigenvalue weighted by Gasteiger charge is -2.29. The molecule has 1 heterocycles. The van der Waals surface area contributed by atoms with Gasteiger partial charge in [0.1, 0.15) is 0 Å². The van der Waals surface area contributed by atoms with Crippen molar-refractivity contribution in [1.82, 2.24) is 9.47 Å². The van der Waals surface area contributed by atoms with E-state index in [1.165, 1.54) is 0 Å². The van der Waals surface area contributed by atoms with E-state index in [2.05, 4.69) is 36.7 Å². The minimum absolute atomic E-state index is 0.204. The van der Waals surface area contributed by atoms with Gasteiger partial charge >= 0.3 is 0 Å². The zero-order chi connectivity index (χ0) is 16.8. The van der Waals surface area contributed by atoms with E-state index >= 15 is 0 Å². The summed E-state index contributed by atoms with van der Waals surface area (Å²) in [5.41, 5.74) is 2.30. The van der Waals surface area contributed by atoms with Gasteiger partial charge in [-0.3, -0.25) is 4.79 Å². The van der Waals surface area contributed by atoms with Gasteiger partial charge in [0.25, 0.3) is 0 Å². The first-order valence-electron chi connectivity index (χ1n) is 8.23. The maximum atomic E-state index is 12.3. The van der Waals surface area contributed by atoms with Crippen molar-refractivity contribution in [3.8, 4) is 0 Å². The predicted octanol–water partition coefficient (Wildman–Crippen LogP) is 4.73. The summed E-state index contributed by atoms with van der Waals surface area (Å²) in [4.78, 5) is 14.2. The smallest absolute Gasteiger partial charge is 0.222 e. The fraction of sp³-hybridized carbons (Fsp3) is 0.421. The SMILES string of the molecule is CCC(=O)N(Cc1cccn1Cc1cccc(Cl)c1)C(C)CC. The molecule has 0 aliphatic heterocycles. The van der Waals surface area contributed by atoms with E-state index in [1.54, 1.807) is 0 Å². The van der Waals surface area contributed by atoms with Crippen LogP contribution in [0, 0.1) is 0 Å². The highest BCUT2D eigenvalue weighted by atomic mass is 35.5. The van der Waals surface area contributed by atoms with E-state index in [0.29, 0.717) is 13.0 Å². The number of hydrogen-bond donors (Lipinski definition) is 0. The lowest BCUT2D eigenvalue weighted by Crippen LogP contribution is -2.37. The number of amides is 1. The second kappa shape index (κ2) is 8.21. The molecule has 0 saturated carbocycles. The number of nitrogens with zero attached hydrogens (tertiary/aromatic N) is 2. The Hall–Kier alpha value is -1.74. The van der Waals surface area contributed by atoms with Crippen molar-refractivity contribution in [3.63, 3.8) is 0 Å². The third-order valence-corrected chi connectivity index (χ3v) is 4.48. The molecule has 1 aromatic carbocycles. The van der Waals surface area contributed by atoms with E-state index in [-0.39, 0.29) is 11.9 Å². The molecule has 0 fully saturated rings. The molecule has 3 nitrogen and oxygen atoms in total. The van der Waals surface area contributed by atoms with Gasteiger partial charge in [-0.25, -0.2) is 0 Å². The summed E-state index contributed by atoms with van der Waals surface area (Å²) >= 11 is 6.07. The number of carbonyl (C=O) groups excluding carboxylic acids is 1. The van der Waals surface area contributed by atoms with Crippen molar-refractivity contribution in [2.24, 2.45) is 0 Å². The third-order valence-electron chi connectivity index (χ3n) is 4.24. The predicted molar refractivity (Wildman–Crippen MR) is 95.6 cm³/mol. The number of halogens is 1. The maximum absolute atomic E-state index is 12.3. The molecule has 1 aromatic heterocycles. The van der Waals surface area contributed by atoms with Gasteiger partial charge in [-0.05, 0) is 43.2 Å². The molecule has 1 unspecified atom stereocenters. The first-order chi connectivity index (χ1) is 11.0. The van der Waals surface area contributed by atoms with Crippen LogP contribution in [0.3, 0.4) is 0 Å². The Balaban J connectivity index is 2.17. The van der Waals surface area contributed by atoms with Gasteiger partial charge in [-0.15, -0.1) is 0 Å². The topological polar surface area (TPSA) is 25.2 Å². The molecule has 1 atom stereocenters. The van der Waals surface area contributed by atoms with E-state index in [4.69, 9.17) is 11.6 Å². The van der Waals surface area contributed by atoms with Crippen LogP contribution in [0.4, 0.5) is 0 Å². The number of aromatic nitrogens is 1. The van der Waals surface area contributed by atoms with E-state index in [0.717, 1.165) is 29.2 Å². The second-order valence-electron chi connectivity index (χ2n) is 5.89. The molecule has 0 N–H and O–H groups in total. The minimum atomic E-state index is 0.204. The zero-order valence-electron chi connectivity index (χ0n) is 14.1. The van der Waals surface area contributed by atoms with Crippen molar-refractivity contribution in [1.29, 1.82) is 0 Å². The molecule has 0 bridgehead atoms. The van der Waals surface area contributed by atoms with E-state index < -0.39 is 0 Å². The molecule has 1 amide bonds. The molecule has 0 aliphatic carbocycles. The average Bonchev–Trinajstić information content (AvgIpc) is 2.98. The van der Waals surface area contributed by atoms with Crippen molar-refractivity contribution < 1.29 is 4.79 Å². The van der Waals surface area contributed by atoms with Crippen LogP contribution in [0.15, 0.2) is 42.6 Å². The fourth-order valence-electron chi connectivity index (χ4n) is 2.67. The van der Waals surface area contributed by atoms with Crippen LogP contribution < -0.4 is 0 Å². The van der Waals surface area contributed by atoms with Gasteiger partial charge in [0.15, 0.2) is 0 Å². The number of benzene rings is 1. The van der Waals surface area contributed by atoms with Crippen molar-refractivity contribution >= 4 is 17.5 Å². The summed E-state index contributed by atoms with van der Waals surface area (Å²) in [6, 6.07) is 12.3. The van der Waals surface area contributed by atoms with Gasteiger partial charge in [0.05, 0.1) is 6.54 Å². The number of rotatable bonds is 7. The molecule has 0 radical (unpaired) electrons. The molecular formula is C19H25ClN2O. The largest absolute Gasteiger partial charge is 0.345 e. The maximum Gasteiger partial charge on any atom is 0.222 e. The van der Waals surface area contributed by atoms with Gasteiger partial charge in [-0.1, -0.05) is 37.6 Å². The quantitative estimate of drug-likeness (QED) is 0.719. The third kappa shape index (κ3) is 4.61. The Morgan fingerprint density at radius 2 is 2.04 bits per heavy atom. The molecule has 2 rings (SSSR count). The molecule has 23 heavy (non-hydrogen) atoms. The summed E-state index contributed by atoms with van der Waals surface area (Å²) in [7, 11) is 0. The highest BCUT2D eigenvalue weighted by Crippen LogP contribution is 2.16. The van der Waals surface area contributed by atoms with E-state index in [1.807, 2.05) is 36.1 Å². The molecule has 0 saturated heterocycles. The standard InChI is InChI=1S/C19H25ClN2O/c1-4-15(3)22(19(23)5-2)14-18-10-7-11-21(18)13-16-8-6-9-17(20)12-16/h6-12,15H,4-5,13-14H2,1-3H3. The molecule has 124 valence electrons. The van der Waals surface area contributed by atoms with Crippen LogP contribution in [0.1, 0.15) is 44.9 Å². The Labute approximate surface area is 143 Å². The fourth-order valence-corrected chi connectivity index (χ4v) is 2.88. The van der Waals surface area contributed by atoms with Crippen LogP contribution in [0.25, 0.3) is 0 Å². The Kier molecular flexibility index (Phi) is 6.28. The summed E-state index contributed by atoms with van der Waals surface area (Å²) in [5, 5.41) is 0.749. The molecule has 2 aromatic rings. The van der Waals surface area contributed by atoms with Crippen molar-refractivity contribution in [2.45, 2.75) is 52.7 Å². The lowest BCUT2D eigenvalue weighted by atomic mass is 10.2. The van der Waals surface area contributed by atoms with E-state index in [9.17, 15) is 4.79 Å². The van der Waals surface area contributed by atoms with Crippen LogP contribution in [-0.2, 0) is 17.9 Å². The summed E-state index contributed by atoms with van der Waals surface area (Å²) in [6.45, 7) is 7.55. The van der Waals surface area contributed by atoms with Gasteiger partial charge in [0, 0.05) is 35.9 Å². The number of carbonyl (C=O) groups is 1. The second-order valence-corrected chi connectivity index (χ2v) is 6.33. The van der Waals surface area contributed by atoms with Gasteiger partial charge in [0.2, 0.25) is 5.91 Å². The van der Waals surface area contributed by atoms with Crippen LogP contribution in [0.5, 0.6) is 0 Å². The van der Waals surface area contributed by atoms with Crippen LogP contribution in [-0.4, -0.2) is 21.4 Å². The van der Waals surface area contributed by atoms with Gasteiger partial charge in [-0.2, -0.15) is 0 Å². The average molecular weight is 333 g/mol. The normalized spacial score (nSPS) is 12.2. The summed E-state index contributed by atoms with van der Waals surface area (Å²) in [6.07, 6.45) is 3.56. The zero-order valence-corrected chi connectivity index (χ0v) is 14.9. The number of hydrogen-bond acceptors (Lipinski definition) is 1. The van der Waals surface area contributed by atoms with Gasteiger partial charge < -0.3 is 9.47 Å². The Morgan fingerprint density at radius 3 is 2.70 bits per heavy atom. The molecule has 4 heteroatoms. The summed E-state index contributed by atoms with van der Waals surface area (Å²) < 4.78 is 2.18.